The van der Waals surface area contributed by atoms with Gasteiger partial charge in [0, 0.05) is 29.6 Å². The lowest BCUT2D eigenvalue weighted by Crippen LogP contribution is -2.41. The van der Waals surface area contributed by atoms with Crippen LogP contribution in [0.4, 0.5) is 0 Å². The van der Waals surface area contributed by atoms with Crippen LogP contribution in [-0.2, 0) is 13.0 Å². The fourth-order valence-electron chi connectivity index (χ4n) is 2.51. The Morgan fingerprint density at radius 3 is 3.04 bits per heavy atom. The number of hydrogen-bond donors (Lipinski definition) is 2. The van der Waals surface area contributed by atoms with Gasteiger partial charge in [-0.15, -0.1) is 11.3 Å². The van der Waals surface area contributed by atoms with Crippen molar-refractivity contribution >= 4 is 29.1 Å². The lowest BCUT2D eigenvalue weighted by Gasteiger charge is -2.15. The van der Waals surface area contributed by atoms with Crippen molar-refractivity contribution in [2.75, 3.05) is 18.8 Å². The second kappa shape index (κ2) is 9.03. The first-order valence-corrected chi connectivity index (χ1v) is 10.0. The molecule has 2 N–H and O–H groups in total. The number of nitrogens with zero attached hydrogens (tertiary/aromatic N) is 1. The van der Waals surface area contributed by atoms with Gasteiger partial charge in [-0.1, -0.05) is 6.07 Å². The minimum Gasteiger partial charge on any atom is -0.469 e. The van der Waals surface area contributed by atoms with E-state index in [1.807, 2.05) is 12.1 Å². The maximum absolute atomic E-state index is 5.37. The number of guanidine groups is 1. The molecule has 0 aliphatic carbocycles. The van der Waals surface area contributed by atoms with Crippen LogP contribution in [-0.4, -0.2) is 30.1 Å². The highest BCUT2D eigenvalue weighted by atomic mass is 32.2. The third-order valence-electron chi connectivity index (χ3n) is 3.74. The number of nitrogens with one attached hydrogen (secondary N) is 2. The summed E-state index contributed by atoms with van der Waals surface area (Å²) in [5, 5.41) is 9.73. The SMILES string of the molecule is c1coc(CCNC(=NCc2cccs2)NCC2CCCS2)c1. The normalized spacial score (nSPS) is 18.3. The number of thiophene rings is 1. The second-order valence-electron chi connectivity index (χ2n) is 5.52. The highest BCUT2D eigenvalue weighted by Gasteiger charge is 2.15. The van der Waals surface area contributed by atoms with Gasteiger partial charge >= 0.3 is 0 Å². The Labute approximate surface area is 145 Å². The first-order valence-electron chi connectivity index (χ1n) is 8.09. The maximum Gasteiger partial charge on any atom is 0.191 e. The molecule has 124 valence electrons. The van der Waals surface area contributed by atoms with Gasteiger partial charge in [0.2, 0.25) is 0 Å². The van der Waals surface area contributed by atoms with E-state index >= 15 is 0 Å². The molecule has 0 saturated carbocycles. The van der Waals surface area contributed by atoms with Crippen LogP contribution in [0.5, 0.6) is 0 Å². The number of hydrogen-bond acceptors (Lipinski definition) is 4. The number of thioether (sulfide) groups is 1. The molecule has 1 atom stereocenters. The van der Waals surface area contributed by atoms with E-state index in [2.05, 4.69) is 39.9 Å². The molecule has 2 aromatic rings. The van der Waals surface area contributed by atoms with E-state index in [1.165, 1.54) is 23.5 Å². The monoisotopic (exact) mass is 349 g/mol. The first kappa shape index (κ1) is 16.5. The molecule has 0 spiro atoms. The van der Waals surface area contributed by atoms with E-state index in [0.717, 1.165) is 37.8 Å². The van der Waals surface area contributed by atoms with Crippen molar-refractivity contribution in [2.24, 2.45) is 4.99 Å². The van der Waals surface area contributed by atoms with E-state index in [4.69, 9.17) is 9.41 Å². The van der Waals surface area contributed by atoms with Crippen molar-refractivity contribution in [3.63, 3.8) is 0 Å². The summed E-state index contributed by atoms with van der Waals surface area (Å²) in [4.78, 5) is 6.00. The molecule has 0 radical (unpaired) electrons. The van der Waals surface area contributed by atoms with Crippen LogP contribution < -0.4 is 10.6 Å². The lowest BCUT2D eigenvalue weighted by atomic mass is 10.2. The molecule has 1 aliphatic heterocycles. The first-order chi connectivity index (χ1) is 11.4. The average Bonchev–Trinajstić information content (AvgIpc) is 3.33. The van der Waals surface area contributed by atoms with E-state index in [1.54, 1.807) is 17.6 Å². The van der Waals surface area contributed by atoms with Crippen molar-refractivity contribution < 1.29 is 4.42 Å². The van der Waals surface area contributed by atoms with Crippen LogP contribution in [0.1, 0.15) is 23.5 Å². The van der Waals surface area contributed by atoms with Crippen LogP contribution in [0.25, 0.3) is 0 Å². The largest absolute Gasteiger partial charge is 0.469 e. The van der Waals surface area contributed by atoms with Crippen molar-refractivity contribution in [3.05, 3.63) is 46.5 Å². The van der Waals surface area contributed by atoms with Crippen LogP contribution >= 0.6 is 23.1 Å². The van der Waals surface area contributed by atoms with Crippen LogP contribution in [0.2, 0.25) is 0 Å². The molecule has 0 amide bonds. The summed E-state index contributed by atoms with van der Waals surface area (Å²) in [5.74, 6) is 3.19. The van der Waals surface area contributed by atoms with Crippen molar-refractivity contribution in [1.82, 2.24) is 10.6 Å². The molecule has 4 nitrogen and oxygen atoms in total. The maximum atomic E-state index is 5.37. The number of rotatable bonds is 7. The van der Waals surface area contributed by atoms with Gasteiger partial charge in [-0.05, 0) is 42.2 Å². The molecular weight excluding hydrogens is 326 g/mol. The van der Waals surface area contributed by atoms with E-state index in [0.29, 0.717) is 5.25 Å². The Bertz CT molecular complexity index is 575. The molecule has 23 heavy (non-hydrogen) atoms. The van der Waals surface area contributed by atoms with Crippen molar-refractivity contribution in [1.29, 1.82) is 0 Å². The molecule has 3 heterocycles. The van der Waals surface area contributed by atoms with Crippen LogP contribution in [0.15, 0.2) is 45.3 Å². The van der Waals surface area contributed by atoms with Crippen molar-refractivity contribution in [3.8, 4) is 0 Å². The molecule has 1 saturated heterocycles. The molecule has 2 aromatic heterocycles. The van der Waals surface area contributed by atoms with E-state index in [-0.39, 0.29) is 0 Å². The number of furan rings is 1. The van der Waals surface area contributed by atoms with Crippen LogP contribution in [0.3, 0.4) is 0 Å². The Hall–Kier alpha value is -1.40. The van der Waals surface area contributed by atoms with Gasteiger partial charge in [0.1, 0.15) is 5.76 Å². The fourth-order valence-corrected chi connectivity index (χ4v) is 4.34. The van der Waals surface area contributed by atoms with Gasteiger partial charge in [0.15, 0.2) is 5.96 Å². The third kappa shape index (κ3) is 5.62. The molecular formula is C17H23N3OS2. The predicted molar refractivity (Wildman–Crippen MR) is 99.4 cm³/mol. The molecule has 6 heteroatoms. The Morgan fingerprint density at radius 2 is 2.30 bits per heavy atom. The summed E-state index contributed by atoms with van der Waals surface area (Å²) in [5.41, 5.74) is 0. The second-order valence-corrected chi connectivity index (χ2v) is 7.96. The molecule has 0 bridgehead atoms. The Kier molecular flexibility index (Phi) is 6.46. The zero-order valence-electron chi connectivity index (χ0n) is 13.2. The molecule has 1 unspecified atom stereocenters. The van der Waals surface area contributed by atoms with Gasteiger partial charge in [0.25, 0.3) is 0 Å². The smallest absolute Gasteiger partial charge is 0.191 e. The molecule has 1 aliphatic rings. The highest BCUT2D eigenvalue weighted by Crippen LogP contribution is 2.25. The topological polar surface area (TPSA) is 49.6 Å². The van der Waals surface area contributed by atoms with Gasteiger partial charge in [0.05, 0.1) is 12.8 Å². The summed E-state index contributed by atoms with van der Waals surface area (Å²) < 4.78 is 5.37. The van der Waals surface area contributed by atoms with Gasteiger partial charge in [-0.25, -0.2) is 4.99 Å². The summed E-state index contributed by atoms with van der Waals surface area (Å²) in [6, 6.07) is 8.13. The Morgan fingerprint density at radius 1 is 1.30 bits per heavy atom. The summed E-state index contributed by atoms with van der Waals surface area (Å²) in [6.07, 6.45) is 5.23. The number of aliphatic imine (C=N–C) groups is 1. The van der Waals surface area contributed by atoms with Gasteiger partial charge < -0.3 is 15.1 Å². The zero-order chi connectivity index (χ0) is 15.7. The lowest BCUT2D eigenvalue weighted by molar-refractivity contribution is 0.506. The fraction of sp³-hybridized carbons (Fsp3) is 0.471. The average molecular weight is 350 g/mol. The Balaban J connectivity index is 1.49. The minimum atomic E-state index is 0.716. The molecule has 0 aromatic carbocycles. The summed E-state index contributed by atoms with van der Waals surface area (Å²) >= 11 is 3.81. The summed E-state index contributed by atoms with van der Waals surface area (Å²) in [7, 11) is 0. The van der Waals surface area contributed by atoms with Crippen molar-refractivity contribution in [2.45, 2.75) is 31.1 Å². The van der Waals surface area contributed by atoms with E-state index in [9.17, 15) is 0 Å². The van der Waals surface area contributed by atoms with Gasteiger partial charge in [-0.2, -0.15) is 11.8 Å². The quantitative estimate of drug-likeness (QED) is 0.593. The zero-order valence-corrected chi connectivity index (χ0v) is 14.8. The molecule has 3 rings (SSSR count). The standard InChI is InChI=1S/C17H23N3OS2/c1-4-14(21-9-1)7-8-18-17(19-12-15-5-2-10-22-15)20-13-16-6-3-11-23-16/h1-2,4-5,9-10,16H,3,6-8,11-13H2,(H2,18,19,20). The summed E-state index contributed by atoms with van der Waals surface area (Å²) in [6.45, 7) is 2.54. The van der Waals surface area contributed by atoms with E-state index < -0.39 is 0 Å². The molecule has 1 fully saturated rings. The minimum absolute atomic E-state index is 0.716. The van der Waals surface area contributed by atoms with Gasteiger partial charge in [-0.3, -0.25) is 0 Å². The highest BCUT2D eigenvalue weighted by molar-refractivity contribution is 8.00. The third-order valence-corrected chi connectivity index (χ3v) is 6.00. The van der Waals surface area contributed by atoms with Crippen LogP contribution in [0, 0.1) is 0 Å². The predicted octanol–water partition coefficient (Wildman–Crippen LogP) is 3.51.